The molecule has 1 unspecified atom stereocenters. The molecule has 0 spiro atoms. The summed E-state index contributed by atoms with van der Waals surface area (Å²) in [5.74, 6) is 0. The van der Waals surface area contributed by atoms with Gasteiger partial charge in [0.1, 0.15) is 0 Å². The van der Waals surface area contributed by atoms with Gasteiger partial charge in [0.15, 0.2) is 0 Å². The maximum atomic E-state index is 9.71. The fraction of sp³-hybridized carbons (Fsp3) is 0.375. The zero-order valence-electron chi connectivity index (χ0n) is 11.5. The van der Waals surface area contributed by atoms with Gasteiger partial charge in [-0.3, -0.25) is 0 Å². The molecule has 19 heavy (non-hydrogen) atoms. The molecule has 0 amide bonds. The van der Waals surface area contributed by atoms with Crippen molar-refractivity contribution in [2.75, 3.05) is 6.61 Å². The Morgan fingerprint density at radius 2 is 1.79 bits per heavy atom. The molecular weight excluding hydrogens is 254 g/mol. The number of thiophene rings is 1. The highest BCUT2D eigenvalue weighted by Crippen LogP contribution is 2.22. The predicted octanol–water partition coefficient (Wildman–Crippen LogP) is 3.31. The highest BCUT2D eigenvalue weighted by atomic mass is 32.1. The Morgan fingerprint density at radius 3 is 2.37 bits per heavy atom. The van der Waals surface area contributed by atoms with Gasteiger partial charge in [-0.2, -0.15) is 0 Å². The van der Waals surface area contributed by atoms with Crippen molar-refractivity contribution in [3.05, 3.63) is 57.8 Å². The number of rotatable bonds is 6. The number of aliphatic hydroxyl groups is 1. The Kier molecular flexibility index (Phi) is 4.75. The van der Waals surface area contributed by atoms with Gasteiger partial charge in [-0.25, -0.2) is 0 Å². The summed E-state index contributed by atoms with van der Waals surface area (Å²) in [5, 5.41) is 13.2. The van der Waals surface area contributed by atoms with Crippen LogP contribution in [0.1, 0.15) is 29.2 Å². The van der Waals surface area contributed by atoms with E-state index in [1.165, 1.54) is 9.75 Å². The highest BCUT2D eigenvalue weighted by Gasteiger charge is 2.24. The molecule has 1 atom stereocenters. The molecule has 0 saturated heterocycles. The van der Waals surface area contributed by atoms with Crippen molar-refractivity contribution in [2.24, 2.45) is 0 Å². The Balaban J connectivity index is 2.06. The van der Waals surface area contributed by atoms with Gasteiger partial charge in [0, 0.05) is 16.3 Å². The molecule has 1 aromatic carbocycles. The van der Waals surface area contributed by atoms with Crippen LogP contribution in [0, 0.1) is 0 Å². The monoisotopic (exact) mass is 275 g/mol. The minimum atomic E-state index is -0.391. The first-order valence-corrected chi connectivity index (χ1v) is 7.48. The lowest BCUT2D eigenvalue weighted by atomic mass is 9.93. The molecular formula is C16H21NOS. The first kappa shape index (κ1) is 14.3. The van der Waals surface area contributed by atoms with Gasteiger partial charge in [0.05, 0.1) is 12.1 Å². The molecule has 2 N–H and O–H groups in total. The average molecular weight is 275 g/mol. The molecule has 0 fully saturated rings. The average Bonchev–Trinajstić information content (AvgIpc) is 2.94. The summed E-state index contributed by atoms with van der Waals surface area (Å²) >= 11 is 1.84. The third-order valence-corrected chi connectivity index (χ3v) is 4.68. The predicted molar refractivity (Wildman–Crippen MR) is 81.4 cm³/mol. The normalized spacial score (nSPS) is 14.3. The molecule has 0 aliphatic carbocycles. The molecule has 0 radical (unpaired) electrons. The molecule has 0 bridgehead atoms. The van der Waals surface area contributed by atoms with Crippen molar-refractivity contribution in [1.82, 2.24) is 5.32 Å². The summed E-state index contributed by atoms with van der Waals surface area (Å²) in [6.45, 7) is 5.08. The fourth-order valence-electron chi connectivity index (χ4n) is 2.04. The molecule has 0 aliphatic rings. The van der Waals surface area contributed by atoms with Crippen molar-refractivity contribution in [2.45, 2.75) is 32.4 Å². The summed E-state index contributed by atoms with van der Waals surface area (Å²) in [4.78, 5) is 2.72. The van der Waals surface area contributed by atoms with Crippen LogP contribution in [0.5, 0.6) is 0 Å². The summed E-state index contributed by atoms with van der Waals surface area (Å²) in [6, 6.07) is 14.5. The summed E-state index contributed by atoms with van der Waals surface area (Å²) in [7, 11) is 0. The van der Waals surface area contributed by atoms with Crippen LogP contribution in [-0.4, -0.2) is 11.7 Å². The minimum Gasteiger partial charge on any atom is -0.394 e. The van der Waals surface area contributed by atoms with E-state index in [1.807, 2.05) is 36.5 Å². The summed E-state index contributed by atoms with van der Waals surface area (Å²) in [5.41, 5.74) is 0.724. The third kappa shape index (κ3) is 3.44. The van der Waals surface area contributed by atoms with Crippen LogP contribution in [0.4, 0.5) is 0 Å². The van der Waals surface area contributed by atoms with E-state index in [4.69, 9.17) is 0 Å². The molecule has 1 aromatic heterocycles. The highest BCUT2D eigenvalue weighted by molar-refractivity contribution is 7.11. The van der Waals surface area contributed by atoms with Gasteiger partial charge in [-0.05, 0) is 31.0 Å². The van der Waals surface area contributed by atoms with E-state index < -0.39 is 5.54 Å². The number of hydrogen-bond acceptors (Lipinski definition) is 3. The largest absolute Gasteiger partial charge is 0.394 e. The van der Waals surface area contributed by atoms with Crippen molar-refractivity contribution < 1.29 is 5.11 Å². The first-order chi connectivity index (χ1) is 9.18. The van der Waals surface area contributed by atoms with E-state index in [-0.39, 0.29) is 6.61 Å². The maximum Gasteiger partial charge on any atom is 0.0652 e. The summed E-state index contributed by atoms with van der Waals surface area (Å²) < 4.78 is 0. The maximum absolute atomic E-state index is 9.71. The lowest BCUT2D eigenvalue weighted by Gasteiger charge is -2.29. The SMILES string of the molecule is CCc1ccc(CNC(C)(CO)c2ccccc2)s1. The Labute approximate surface area is 119 Å². The van der Waals surface area contributed by atoms with E-state index >= 15 is 0 Å². The van der Waals surface area contributed by atoms with Crippen LogP contribution >= 0.6 is 11.3 Å². The molecule has 2 rings (SSSR count). The van der Waals surface area contributed by atoms with Gasteiger partial charge in [-0.15, -0.1) is 11.3 Å². The van der Waals surface area contributed by atoms with E-state index in [1.54, 1.807) is 0 Å². The van der Waals surface area contributed by atoms with Crippen LogP contribution in [0.2, 0.25) is 0 Å². The number of nitrogens with one attached hydrogen (secondary N) is 1. The minimum absolute atomic E-state index is 0.0863. The molecule has 102 valence electrons. The first-order valence-electron chi connectivity index (χ1n) is 6.67. The molecule has 1 heterocycles. The van der Waals surface area contributed by atoms with Crippen LogP contribution in [-0.2, 0) is 18.5 Å². The molecule has 2 nitrogen and oxygen atoms in total. The molecule has 2 aromatic rings. The molecule has 0 aliphatic heterocycles. The Hall–Kier alpha value is -1.16. The lowest BCUT2D eigenvalue weighted by Crippen LogP contribution is -2.42. The van der Waals surface area contributed by atoms with Crippen LogP contribution < -0.4 is 5.32 Å². The molecule has 0 saturated carbocycles. The number of aliphatic hydroxyl groups excluding tert-OH is 1. The van der Waals surface area contributed by atoms with Crippen LogP contribution in [0.3, 0.4) is 0 Å². The quantitative estimate of drug-likeness (QED) is 0.847. The third-order valence-electron chi connectivity index (χ3n) is 3.45. The van der Waals surface area contributed by atoms with Gasteiger partial charge in [0.25, 0.3) is 0 Å². The van der Waals surface area contributed by atoms with Crippen LogP contribution in [0.25, 0.3) is 0 Å². The number of benzene rings is 1. The van der Waals surface area contributed by atoms with Gasteiger partial charge < -0.3 is 10.4 Å². The second kappa shape index (κ2) is 6.33. The summed E-state index contributed by atoms with van der Waals surface area (Å²) in [6.07, 6.45) is 1.08. The second-order valence-corrected chi connectivity index (χ2v) is 6.18. The topological polar surface area (TPSA) is 32.3 Å². The van der Waals surface area contributed by atoms with E-state index in [9.17, 15) is 5.11 Å². The zero-order chi connectivity index (χ0) is 13.7. The Morgan fingerprint density at radius 1 is 1.11 bits per heavy atom. The zero-order valence-corrected chi connectivity index (χ0v) is 12.3. The second-order valence-electron chi connectivity index (χ2n) is 4.93. The Bertz CT molecular complexity index is 508. The molecule has 3 heteroatoms. The smallest absolute Gasteiger partial charge is 0.0652 e. The van der Waals surface area contributed by atoms with Gasteiger partial charge in [0.2, 0.25) is 0 Å². The van der Waals surface area contributed by atoms with Gasteiger partial charge in [-0.1, -0.05) is 37.3 Å². The van der Waals surface area contributed by atoms with Crippen molar-refractivity contribution in [1.29, 1.82) is 0 Å². The lowest BCUT2D eigenvalue weighted by molar-refractivity contribution is 0.174. The van der Waals surface area contributed by atoms with E-state index in [0.717, 1.165) is 18.5 Å². The van der Waals surface area contributed by atoms with E-state index in [2.05, 4.69) is 36.5 Å². The van der Waals surface area contributed by atoms with Crippen molar-refractivity contribution in [3.63, 3.8) is 0 Å². The van der Waals surface area contributed by atoms with Crippen molar-refractivity contribution in [3.8, 4) is 0 Å². The van der Waals surface area contributed by atoms with E-state index in [0.29, 0.717) is 0 Å². The van der Waals surface area contributed by atoms with Crippen LogP contribution in [0.15, 0.2) is 42.5 Å². The van der Waals surface area contributed by atoms with Gasteiger partial charge >= 0.3 is 0 Å². The number of hydrogen-bond donors (Lipinski definition) is 2. The standard InChI is InChI=1S/C16H21NOS/c1-3-14-9-10-15(19-14)11-17-16(2,12-18)13-7-5-4-6-8-13/h4-10,17-18H,3,11-12H2,1-2H3. The fourth-order valence-corrected chi connectivity index (χ4v) is 2.94. The van der Waals surface area contributed by atoms with Crippen molar-refractivity contribution >= 4 is 11.3 Å². The number of aryl methyl sites for hydroxylation is 1.